The van der Waals surface area contributed by atoms with Crippen LogP contribution in [0, 0.1) is 0 Å². The van der Waals surface area contributed by atoms with Crippen LogP contribution in [0.5, 0.6) is 11.5 Å². The lowest BCUT2D eigenvalue weighted by Gasteiger charge is -2.35. The molecule has 0 N–H and O–H groups in total. The van der Waals surface area contributed by atoms with Gasteiger partial charge < -0.3 is 14.4 Å². The fourth-order valence-corrected chi connectivity index (χ4v) is 4.17. The number of benzene rings is 2. The van der Waals surface area contributed by atoms with Crippen molar-refractivity contribution in [1.82, 2.24) is 4.90 Å². The predicted molar refractivity (Wildman–Crippen MR) is 105 cm³/mol. The molecule has 0 spiro atoms. The number of ether oxygens (including phenoxy) is 2. The molecule has 0 saturated carbocycles. The van der Waals surface area contributed by atoms with Gasteiger partial charge in [0.05, 0.1) is 6.42 Å². The van der Waals surface area contributed by atoms with Crippen molar-refractivity contribution in [1.29, 1.82) is 0 Å². The minimum atomic E-state index is 0.206. The monoisotopic (exact) mass is 365 g/mol. The highest BCUT2D eigenvalue weighted by Gasteiger charge is 2.27. The molecule has 2 aromatic rings. The van der Waals surface area contributed by atoms with E-state index in [2.05, 4.69) is 36.1 Å². The van der Waals surface area contributed by atoms with Gasteiger partial charge >= 0.3 is 0 Å². The van der Waals surface area contributed by atoms with E-state index in [1.54, 1.807) is 0 Å². The van der Waals surface area contributed by atoms with Gasteiger partial charge in [0, 0.05) is 12.6 Å². The molecule has 0 bridgehead atoms. The van der Waals surface area contributed by atoms with Crippen molar-refractivity contribution >= 4 is 5.91 Å². The number of hydrogen-bond donors (Lipinski definition) is 0. The second kappa shape index (κ2) is 8.03. The zero-order valence-corrected chi connectivity index (χ0v) is 15.9. The summed E-state index contributed by atoms with van der Waals surface area (Å²) in [4.78, 5) is 15.2. The first-order chi connectivity index (χ1) is 13.2. The van der Waals surface area contributed by atoms with Crippen LogP contribution in [-0.4, -0.2) is 36.6 Å². The number of aryl methyl sites for hydroxylation is 1. The average Bonchev–Trinajstić information content (AvgIpc) is 2.71. The van der Waals surface area contributed by atoms with E-state index < -0.39 is 0 Å². The summed E-state index contributed by atoms with van der Waals surface area (Å²) in [6.07, 6.45) is 4.45. The second-order valence-corrected chi connectivity index (χ2v) is 7.41. The first-order valence-corrected chi connectivity index (χ1v) is 9.99. The molecule has 27 heavy (non-hydrogen) atoms. The van der Waals surface area contributed by atoms with Gasteiger partial charge in [0.2, 0.25) is 5.91 Å². The number of amides is 1. The molecular formula is C23H27NO3. The van der Waals surface area contributed by atoms with Crippen LogP contribution in [0.25, 0.3) is 0 Å². The summed E-state index contributed by atoms with van der Waals surface area (Å²) in [6, 6.07) is 14.8. The first-order valence-electron chi connectivity index (χ1n) is 9.99. The van der Waals surface area contributed by atoms with Gasteiger partial charge in [-0.1, -0.05) is 37.3 Å². The molecule has 1 atom stereocenters. The van der Waals surface area contributed by atoms with E-state index in [-0.39, 0.29) is 5.91 Å². The molecule has 142 valence electrons. The molecular weight excluding hydrogens is 338 g/mol. The van der Waals surface area contributed by atoms with Gasteiger partial charge in [-0.2, -0.15) is 0 Å². The number of nitrogens with zero attached hydrogens (tertiary/aromatic N) is 1. The van der Waals surface area contributed by atoms with Crippen LogP contribution < -0.4 is 9.47 Å². The van der Waals surface area contributed by atoms with Gasteiger partial charge in [0.1, 0.15) is 13.2 Å². The summed E-state index contributed by atoms with van der Waals surface area (Å²) in [5, 5.41) is 0. The molecule has 1 aliphatic carbocycles. The summed E-state index contributed by atoms with van der Waals surface area (Å²) in [6.45, 7) is 4.10. The third-order valence-electron chi connectivity index (χ3n) is 5.51. The Labute approximate surface area is 161 Å². The van der Waals surface area contributed by atoms with Crippen molar-refractivity contribution in [3.63, 3.8) is 0 Å². The van der Waals surface area contributed by atoms with Gasteiger partial charge in [-0.3, -0.25) is 4.79 Å². The molecule has 4 heteroatoms. The second-order valence-electron chi connectivity index (χ2n) is 7.41. The lowest BCUT2D eigenvalue weighted by Crippen LogP contribution is -2.44. The summed E-state index contributed by atoms with van der Waals surface area (Å²) in [5.41, 5.74) is 3.81. The van der Waals surface area contributed by atoms with Crippen LogP contribution in [0.4, 0.5) is 0 Å². The third kappa shape index (κ3) is 3.95. The van der Waals surface area contributed by atoms with Crippen LogP contribution in [0.2, 0.25) is 0 Å². The van der Waals surface area contributed by atoms with Crippen LogP contribution in [-0.2, 0) is 24.1 Å². The molecule has 0 radical (unpaired) electrons. The van der Waals surface area contributed by atoms with Gasteiger partial charge in [0.15, 0.2) is 11.5 Å². The van der Waals surface area contributed by atoms with Crippen molar-refractivity contribution < 1.29 is 14.3 Å². The highest BCUT2D eigenvalue weighted by Crippen LogP contribution is 2.31. The van der Waals surface area contributed by atoms with Crippen molar-refractivity contribution in [2.45, 2.75) is 45.1 Å². The molecule has 4 nitrogen and oxygen atoms in total. The van der Waals surface area contributed by atoms with Crippen molar-refractivity contribution in [3.05, 3.63) is 59.2 Å². The predicted octanol–water partition coefficient (Wildman–Crippen LogP) is 3.80. The molecule has 2 aliphatic rings. The van der Waals surface area contributed by atoms with Crippen LogP contribution in [0.15, 0.2) is 42.5 Å². The maximum absolute atomic E-state index is 13.1. The van der Waals surface area contributed by atoms with Crippen LogP contribution in [0.3, 0.4) is 0 Å². The maximum Gasteiger partial charge on any atom is 0.227 e. The Kier molecular flexibility index (Phi) is 5.33. The highest BCUT2D eigenvalue weighted by atomic mass is 16.6. The lowest BCUT2D eigenvalue weighted by molar-refractivity contribution is -0.133. The zero-order chi connectivity index (χ0) is 18.6. The zero-order valence-electron chi connectivity index (χ0n) is 15.9. The summed E-state index contributed by atoms with van der Waals surface area (Å²) in [7, 11) is 0. The molecule has 1 unspecified atom stereocenters. The number of carbonyl (C=O) groups excluding carboxylic acids is 1. The fourth-order valence-electron chi connectivity index (χ4n) is 4.17. The number of carbonyl (C=O) groups is 1. The summed E-state index contributed by atoms with van der Waals surface area (Å²) in [5.74, 6) is 1.73. The molecule has 0 fully saturated rings. The largest absolute Gasteiger partial charge is 0.486 e. The molecule has 1 heterocycles. The minimum absolute atomic E-state index is 0.206. The van der Waals surface area contributed by atoms with E-state index in [9.17, 15) is 4.79 Å². The number of rotatable bonds is 5. The summed E-state index contributed by atoms with van der Waals surface area (Å²) >= 11 is 0. The van der Waals surface area contributed by atoms with Gasteiger partial charge in [-0.05, 0) is 54.5 Å². The quantitative estimate of drug-likeness (QED) is 0.809. The topological polar surface area (TPSA) is 38.8 Å². The van der Waals surface area contributed by atoms with Crippen molar-refractivity contribution in [3.8, 4) is 11.5 Å². The summed E-state index contributed by atoms with van der Waals surface area (Å²) < 4.78 is 11.2. The Balaban J connectivity index is 1.48. The fraction of sp³-hybridized carbons (Fsp3) is 0.435. The van der Waals surface area contributed by atoms with Gasteiger partial charge in [-0.15, -0.1) is 0 Å². The van der Waals surface area contributed by atoms with Crippen molar-refractivity contribution in [2.75, 3.05) is 19.8 Å². The van der Waals surface area contributed by atoms with E-state index in [0.29, 0.717) is 25.7 Å². The van der Waals surface area contributed by atoms with Gasteiger partial charge in [0.25, 0.3) is 0 Å². The standard InChI is InChI=1S/C23H27NO3/c1-2-11-24(20-9-8-18-5-3-4-6-19(18)16-20)23(25)15-17-7-10-21-22(14-17)27-13-12-26-21/h3-7,10,14,20H,2,8-9,11-13,15-16H2,1H3. The number of hydrogen-bond acceptors (Lipinski definition) is 3. The van der Waals surface area contributed by atoms with E-state index >= 15 is 0 Å². The highest BCUT2D eigenvalue weighted by molar-refractivity contribution is 5.79. The van der Waals surface area contributed by atoms with Crippen LogP contribution >= 0.6 is 0 Å². The lowest BCUT2D eigenvalue weighted by atomic mass is 9.87. The van der Waals surface area contributed by atoms with Crippen molar-refractivity contribution in [2.24, 2.45) is 0 Å². The molecule has 1 aliphatic heterocycles. The first kappa shape index (κ1) is 17.9. The maximum atomic E-state index is 13.1. The van der Waals surface area contributed by atoms with E-state index in [0.717, 1.165) is 49.3 Å². The van der Waals surface area contributed by atoms with Gasteiger partial charge in [-0.25, -0.2) is 0 Å². The normalized spacial score (nSPS) is 17.9. The Hall–Kier alpha value is -2.49. The molecule has 2 aromatic carbocycles. The van der Waals surface area contributed by atoms with E-state index in [1.807, 2.05) is 18.2 Å². The molecule has 4 rings (SSSR count). The Morgan fingerprint density at radius 1 is 1.07 bits per heavy atom. The van der Waals surface area contributed by atoms with Crippen LogP contribution in [0.1, 0.15) is 36.5 Å². The molecule has 1 amide bonds. The third-order valence-corrected chi connectivity index (χ3v) is 5.51. The van der Waals surface area contributed by atoms with E-state index in [1.165, 1.54) is 11.1 Å². The Morgan fingerprint density at radius 2 is 1.85 bits per heavy atom. The number of fused-ring (bicyclic) bond motifs is 2. The Bertz CT molecular complexity index is 817. The van der Waals surface area contributed by atoms with E-state index in [4.69, 9.17) is 9.47 Å². The minimum Gasteiger partial charge on any atom is -0.486 e. The molecule has 0 saturated heterocycles. The smallest absolute Gasteiger partial charge is 0.227 e. The SMILES string of the molecule is CCCN(C(=O)Cc1ccc2c(c1)OCCO2)C1CCc2ccccc2C1. The average molecular weight is 365 g/mol. The Morgan fingerprint density at radius 3 is 2.67 bits per heavy atom. The molecule has 0 aromatic heterocycles.